The van der Waals surface area contributed by atoms with Crippen molar-refractivity contribution in [2.45, 2.75) is 12.8 Å². The van der Waals surface area contributed by atoms with E-state index in [0.717, 1.165) is 5.41 Å². The fraction of sp³-hybridized carbons (Fsp3) is 1.00. The SMILES string of the molecule is IN1CC2(CC2)C1. The van der Waals surface area contributed by atoms with Crippen LogP contribution in [0.4, 0.5) is 0 Å². The van der Waals surface area contributed by atoms with Crippen molar-refractivity contribution in [3.63, 3.8) is 0 Å². The van der Waals surface area contributed by atoms with Gasteiger partial charge in [-0.2, -0.15) is 0 Å². The molecule has 0 aromatic heterocycles. The zero-order valence-electron chi connectivity index (χ0n) is 4.15. The van der Waals surface area contributed by atoms with E-state index in [1.807, 2.05) is 0 Å². The van der Waals surface area contributed by atoms with Gasteiger partial charge in [-0.25, -0.2) is 3.11 Å². The van der Waals surface area contributed by atoms with Crippen LogP contribution >= 0.6 is 22.9 Å². The minimum absolute atomic E-state index is 0.862. The molecule has 2 heteroatoms. The summed E-state index contributed by atoms with van der Waals surface area (Å²) in [5.74, 6) is 0. The second kappa shape index (κ2) is 1.16. The molecule has 1 heterocycles. The predicted octanol–water partition coefficient (Wildman–Crippen LogP) is 1.43. The fourth-order valence-electron chi connectivity index (χ4n) is 1.17. The van der Waals surface area contributed by atoms with Gasteiger partial charge in [-0.1, -0.05) is 0 Å². The Morgan fingerprint density at radius 3 is 2.00 bits per heavy atom. The van der Waals surface area contributed by atoms with Crippen LogP contribution in [0.2, 0.25) is 0 Å². The lowest BCUT2D eigenvalue weighted by Gasteiger charge is -2.34. The molecule has 1 saturated heterocycles. The lowest BCUT2D eigenvalue weighted by Crippen LogP contribution is -2.41. The molecule has 0 unspecified atom stereocenters. The summed E-state index contributed by atoms with van der Waals surface area (Å²) >= 11 is 2.39. The van der Waals surface area contributed by atoms with Gasteiger partial charge in [-0.15, -0.1) is 0 Å². The Labute approximate surface area is 57.6 Å². The summed E-state index contributed by atoms with van der Waals surface area (Å²) in [6, 6.07) is 0. The first-order valence-electron chi connectivity index (χ1n) is 2.72. The number of halogens is 1. The van der Waals surface area contributed by atoms with E-state index in [0.29, 0.717) is 0 Å². The third-order valence-corrected chi connectivity index (χ3v) is 2.65. The molecule has 1 nitrogen and oxygen atoms in total. The first-order valence-corrected chi connectivity index (χ1v) is 3.68. The van der Waals surface area contributed by atoms with Gasteiger partial charge in [0.2, 0.25) is 0 Å². The van der Waals surface area contributed by atoms with E-state index in [4.69, 9.17) is 0 Å². The van der Waals surface area contributed by atoms with Gasteiger partial charge in [0.15, 0.2) is 0 Å². The average molecular weight is 209 g/mol. The number of rotatable bonds is 0. The second-order valence-electron chi connectivity index (χ2n) is 2.78. The van der Waals surface area contributed by atoms with Gasteiger partial charge < -0.3 is 0 Å². The highest BCUT2D eigenvalue weighted by atomic mass is 127. The van der Waals surface area contributed by atoms with Crippen LogP contribution in [0.1, 0.15) is 12.8 Å². The van der Waals surface area contributed by atoms with Crippen molar-refractivity contribution in [3.8, 4) is 0 Å². The Balaban J connectivity index is 1.97. The predicted molar refractivity (Wildman–Crippen MR) is 37.3 cm³/mol. The second-order valence-corrected chi connectivity index (χ2v) is 4.14. The molecule has 2 fully saturated rings. The molecule has 2 aliphatic rings. The summed E-state index contributed by atoms with van der Waals surface area (Å²) in [7, 11) is 0. The van der Waals surface area contributed by atoms with Crippen molar-refractivity contribution in [3.05, 3.63) is 0 Å². The normalized spacial score (nSPS) is 35.6. The van der Waals surface area contributed by atoms with Gasteiger partial charge in [-0.05, 0) is 18.3 Å². The summed E-state index contributed by atoms with van der Waals surface area (Å²) in [6.45, 7) is 2.74. The van der Waals surface area contributed by atoms with E-state index < -0.39 is 0 Å². The summed E-state index contributed by atoms with van der Waals surface area (Å²) in [5.41, 5.74) is 0.862. The van der Waals surface area contributed by atoms with Crippen molar-refractivity contribution in [1.82, 2.24) is 3.11 Å². The van der Waals surface area contributed by atoms with E-state index in [1.54, 1.807) is 0 Å². The maximum absolute atomic E-state index is 2.39. The van der Waals surface area contributed by atoms with Crippen molar-refractivity contribution in [2.24, 2.45) is 5.41 Å². The minimum atomic E-state index is 0.862. The Hall–Kier alpha value is 0.690. The van der Waals surface area contributed by atoms with Crippen LogP contribution in [0.15, 0.2) is 0 Å². The molecule has 0 atom stereocenters. The molecule has 40 valence electrons. The minimum Gasteiger partial charge on any atom is -0.246 e. The number of hydrogen-bond donors (Lipinski definition) is 0. The van der Waals surface area contributed by atoms with Gasteiger partial charge in [0.25, 0.3) is 0 Å². The molecule has 0 amide bonds. The molecule has 2 rings (SSSR count). The van der Waals surface area contributed by atoms with Gasteiger partial charge >= 0.3 is 0 Å². The molecule has 0 N–H and O–H groups in total. The van der Waals surface area contributed by atoms with Crippen LogP contribution in [-0.4, -0.2) is 16.2 Å². The summed E-state index contributed by atoms with van der Waals surface area (Å²) in [6.07, 6.45) is 3.01. The molecule has 7 heavy (non-hydrogen) atoms. The zero-order chi connectivity index (χ0) is 4.91. The summed E-state index contributed by atoms with van der Waals surface area (Å²) in [5, 5.41) is 0. The number of hydrogen-bond acceptors (Lipinski definition) is 1. The van der Waals surface area contributed by atoms with Crippen LogP contribution in [-0.2, 0) is 0 Å². The van der Waals surface area contributed by atoms with Crippen LogP contribution in [0, 0.1) is 5.41 Å². The van der Waals surface area contributed by atoms with E-state index >= 15 is 0 Å². The smallest absolute Gasteiger partial charge is 0.0201 e. The first kappa shape index (κ1) is 4.56. The first-order chi connectivity index (χ1) is 3.31. The standard InChI is InChI=1S/C5H8IN/c6-7-3-5(4-7)1-2-5/h1-4H2. The third kappa shape index (κ3) is 0.598. The van der Waals surface area contributed by atoms with E-state index in [-0.39, 0.29) is 0 Å². The van der Waals surface area contributed by atoms with E-state index in [1.165, 1.54) is 25.9 Å². The lowest BCUT2D eigenvalue weighted by atomic mass is 10.0. The molecule has 0 radical (unpaired) electrons. The van der Waals surface area contributed by atoms with Gasteiger partial charge in [0.1, 0.15) is 0 Å². The highest BCUT2D eigenvalue weighted by Crippen LogP contribution is 2.53. The molecule has 0 aromatic carbocycles. The van der Waals surface area contributed by atoms with Crippen LogP contribution in [0.25, 0.3) is 0 Å². The third-order valence-electron chi connectivity index (χ3n) is 1.97. The van der Waals surface area contributed by atoms with Gasteiger partial charge in [-0.3, -0.25) is 0 Å². The fourth-order valence-corrected chi connectivity index (χ4v) is 2.62. The molecular formula is C5H8IN. The van der Waals surface area contributed by atoms with E-state index in [9.17, 15) is 0 Å². The molecule has 1 aliphatic heterocycles. The van der Waals surface area contributed by atoms with Crippen LogP contribution in [0.3, 0.4) is 0 Å². The maximum Gasteiger partial charge on any atom is 0.0201 e. The summed E-state index contributed by atoms with van der Waals surface area (Å²) < 4.78 is 2.37. The monoisotopic (exact) mass is 209 g/mol. The molecule has 1 spiro atoms. The highest BCUT2D eigenvalue weighted by molar-refractivity contribution is 14.1. The quantitative estimate of drug-likeness (QED) is 0.431. The highest BCUT2D eigenvalue weighted by Gasteiger charge is 2.51. The Bertz CT molecular complexity index is 90.3. The van der Waals surface area contributed by atoms with E-state index in [2.05, 4.69) is 26.0 Å². The molecule has 1 saturated carbocycles. The zero-order valence-corrected chi connectivity index (χ0v) is 6.31. The molecule has 1 aliphatic carbocycles. The summed E-state index contributed by atoms with van der Waals surface area (Å²) in [4.78, 5) is 0. The maximum atomic E-state index is 2.39. The molecule has 0 aromatic rings. The lowest BCUT2D eigenvalue weighted by molar-refractivity contribution is 0.219. The van der Waals surface area contributed by atoms with Crippen molar-refractivity contribution < 1.29 is 0 Å². The molecular weight excluding hydrogens is 201 g/mol. The average Bonchev–Trinajstić information content (AvgIpc) is 2.14. The largest absolute Gasteiger partial charge is 0.246 e. The topological polar surface area (TPSA) is 3.24 Å². The Morgan fingerprint density at radius 2 is 1.86 bits per heavy atom. The van der Waals surface area contributed by atoms with Crippen LogP contribution in [0.5, 0.6) is 0 Å². The van der Waals surface area contributed by atoms with Gasteiger partial charge in [0.05, 0.1) is 0 Å². The Kier molecular flexibility index (Phi) is 0.752. The van der Waals surface area contributed by atoms with Crippen molar-refractivity contribution in [1.29, 1.82) is 0 Å². The number of nitrogens with zero attached hydrogens (tertiary/aromatic N) is 1. The van der Waals surface area contributed by atoms with Gasteiger partial charge in [0, 0.05) is 36.0 Å². The molecule has 0 bridgehead atoms. The van der Waals surface area contributed by atoms with Crippen molar-refractivity contribution in [2.75, 3.05) is 13.1 Å². The van der Waals surface area contributed by atoms with Crippen molar-refractivity contribution >= 4 is 22.9 Å². The Morgan fingerprint density at radius 1 is 1.29 bits per heavy atom. The van der Waals surface area contributed by atoms with Crippen LogP contribution < -0.4 is 0 Å².